The lowest BCUT2D eigenvalue weighted by Gasteiger charge is -2.13. The maximum atomic E-state index is 12.7. The predicted molar refractivity (Wildman–Crippen MR) is 121 cm³/mol. The summed E-state index contributed by atoms with van der Waals surface area (Å²) in [4.78, 5) is 24.8. The average molecular weight is 420 g/mol. The zero-order valence-electron chi connectivity index (χ0n) is 18.6. The van der Waals surface area contributed by atoms with Crippen LogP contribution >= 0.6 is 0 Å². The summed E-state index contributed by atoms with van der Waals surface area (Å²) in [7, 11) is 0. The normalized spacial score (nSPS) is 10.9. The van der Waals surface area contributed by atoms with Crippen LogP contribution in [0.25, 0.3) is 0 Å². The first-order valence-electron chi connectivity index (χ1n) is 10.5. The van der Waals surface area contributed by atoms with Crippen molar-refractivity contribution in [2.75, 3.05) is 13.2 Å². The second kappa shape index (κ2) is 10.1. The molecule has 3 aromatic rings. The summed E-state index contributed by atoms with van der Waals surface area (Å²) in [6.07, 6.45) is 0. The summed E-state index contributed by atoms with van der Waals surface area (Å²) in [5.74, 6) is 0.151. The number of Topliss-reactive ketones (excluding diaryl/α,β-unsaturated/α-hetero) is 1. The summed E-state index contributed by atoms with van der Waals surface area (Å²) >= 11 is 0. The summed E-state index contributed by atoms with van der Waals surface area (Å²) in [6, 6.07) is 19.5. The summed E-state index contributed by atoms with van der Waals surface area (Å²) in [6.45, 7) is 8.17. The van der Waals surface area contributed by atoms with E-state index in [9.17, 15) is 9.59 Å². The van der Waals surface area contributed by atoms with Gasteiger partial charge >= 0.3 is 5.97 Å². The Balaban J connectivity index is 1.57. The van der Waals surface area contributed by atoms with Crippen molar-refractivity contribution >= 4 is 11.8 Å². The van der Waals surface area contributed by atoms with Gasteiger partial charge in [0, 0.05) is 23.5 Å². The lowest BCUT2D eigenvalue weighted by atomic mass is 10.0. The first kappa shape index (κ1) is 22.3. The van der Waals surface area contributed by atoms with Gasteiger partial charge < -0.3 is 14.0 Å². The summed E-state index contributed by atoms with van der Waals surface area (Å²) < 4.78 is 12.9. The molecule has 0 bridgehead atoms. The molecule has 5 heteroatoms. The van der Waals surface area contributed by atoms with Gasteiger partial charge in [0.25, 0.3) is 0 Å². The molecule has 0 radical (unpaired) electrons. The van der Waals surface area contributed by atoms with Crippen molar-refractivity contribution in [2.45, 2.75) is 40.2 Å². The number of carbonyl (C=O) groups is 2. The standard InChI is InChI=1S/C26H29NO4/c1-18(2)22-12-8-9-13-25(22)30-17-26(29)31-16-24(28)23-14-19(3)27(20(23)4)15-21-10-6-5-7-11-21/h5-14,18H,15-17H2,1-4H3. The van der Waals surface area contributed by atoms with Crippen LogP contribution in [0.3, 0.4) is 0 Å². The number of ketones is 1. The van der Waals surface area contributed by atoms with Crippen LogP contribution in [-0.2, 0) is 16.1 Å². The van der Waals surface area contributed by atoms with Crippen LogP contribution in [0, 0.1) is 13.8 Å². The van der Waals surface area contributed by atoms with Crippen molar-refractivity contribution in [1.29, 1.82) is 0 Å². The number of rotatable bonds is 9. The van der Waals surface area contributed by atoms with Crippen molar-refractivity contribution in [3.63, 3.8) is 0 Å². The van der Waals surface area contributed by atoms with E-state index in [1.165, 1.54) is 0 Å². The van der Waals surface area contributed by atoms with Crippen molar-refractivity contribution in [2.24, 2.45) is 0 Å². The number of carbonyl (C=O) groups excluding carboxylic acids is 2. The SMILES string of the molecule is Cc1cc(C(=O)COC(=O)COc2ccccc2C(C)C)c(C)n1Cc1ccccc1. The van der Waals surface area contributed by atoms with Gasteiger partial charge in [-0.05, 0) is 43.0 Å². The molecule has 0 N–H and O–H groups in total. The maximum Gasteiger partial charge on any atom is 0.344 e. The van der Waals surface area contributed by atoms with Crippen molar-refractivity contribution < 1.29 is 19.1 Å². The van der Waals surface area contributed by atoms with Crippen LogP contribution in [0.5, 0.6) is 5.75 Å². The number of aromatic nitrogens is 1. The molecule has 31 heavy (non-hydrogen) atoms. The van der Waals surface area contributed by atoms with Gasteiger partial charge in [-0.1, -0.05) is 62.4 Å². The van der Waals surface area contributed by atoms with E-state index in [4.69, 9.17) is 9.47 Å². The Morgan fingerprint density at radius 3 is 2.32 bits per heavy atom. The molecule has 0 fully saturated rings. The Morgan fingerprint density at radius 2 is 1.61 bits per heavy atom. The average Bonchev–Trinajstić information content (AvgIpc) is 3.05. The fourth-order valence-electron chi connectivity index (χ4n) is 3.58. The number of hydrogen-bond donors (Lipinski definition) is 0. The first-order chi connectivity index (χ1) is 14.9. The largest absolute Gasteiger partial charge is 0.482 e. The molecule has 0 unspecified atom stereocenters. The fourth-order valence-corrected chi connectivity index (χ4v) is 3.58. The van der Waals surface area contributed by atoms with Gasteiger partial charge in [-0.3, -0.25) is 4.79 Å². The lowest BCUT2D eigenvalue weighted by molar-refractivity contribution is -0.144. The predicted octanol–water partition coefficient (Wildman–Crippen LogP) is 5.08. The van der Waals surface area contributed by atoms with Crippen LogP contribution in [0.1, 0.15) is 52.6 Å². The zero-order chi connectivity index (χ0) is 22.4. The van der Waals surface area contributed by atoms with E-state index in [0.717, 1.165) is 22.5 Å². The zero-order valence-corrected chi connectivity index (χ0v) is 18.6. The third-order valence-electron chi connectivity index (χ3n) is 5.31. The number of nitrogens with zero attached hydrogens (tertiary/aromatic N) is 1. The molecule has 2 aromatic carbocycles. The molecule has 0 spiro atoms. The maximum absolute atomic E-state index is 12.7. The number of ether oxygens (including phenoxy) is 2. The van der Waals surface area contributed by atoms with Gasteiger partial charge in [-0.15, -0.1) is 0 Å². The van der Waals surface area contributed by atoms with Gasteiger partial charge in [-0.25, -0.2) is 4.79 Å². The molecular formula is C26H29NO4. The monoisotopic (exact) mass is 419 g/mol. The molecule has 1 heterocycles. The molecule has 0 amide bonds. The van der Waals surface area contributed by atoms with Crippen LogP contribution in [0.2, 0.25) is 0 Å². The smallest absolute Gasteiger partial charge is 0.344 e. The van der Waals surface area contributed by atoms with Crippen molar-refractivity contribution in [3.05, 3.63) is 88.7 Å². The van der Waals surface area contributed by atoms with Crippen LogP contribution in [-0.4, -0.2) is 29.5 Å². The Kier molecular flexibility index (Phi) is 7.29. The molecule has 0 aliphatic rings. The Morgan fingerprint density at radius 1 is 0.935 bits per heavy atom. The molecule has 0 saturated carbocycles. The molecule has 3 rings (SSSR count). The van der Waals surface area contributed by atoms with E-state index >= 15 is 0 Å². The molecule has 0 saturated heterocycles. The van der Waals surface area contributed by atoms with E-state index in [1.54, 1.807) is 0 Å². The van der Waals surface area contributed by atoms with Crippen LogP contribution in [0.15, 0.2) is 60.7 Å². The van der Waals surface area contributed by atoms with Gasteiger partial charge in [-0.2, -0.15) is 0 Å². The minimum Gasteiger partial charge on any atom is -0.482 e. The minimum atomic E-state index is -0.565. The first-order valence-corrected chi connectivity index (χ1v) is 10.5. The number of para-hydroxylation sites is 1. The van der Waals surface area contributed by atoms with E-state index in [1.807, 2.05) is 62.4 Å². The highest BCUT2D eigenvalue weighted by molar-refractivity contribution is 5.99. The molecule has 5 nitrogen and oxygen atoms in total. The summed E-state index contributed by atoms with van der Waals surface area (Å²) in [5.41, 5.74) is 4.62. The number of benzene rings is 2. The topological polar surface area (TPSA) is 57.5 Å². The molecule has 1 aromatic heterocycles. The van der Waals surface area contributed by atoms with Gasteiger partial charge in [0.15, 0.2) is 13.2 Å². The van der Waals surface area contributed by atoms with Crippen molar-refractivity contribution in [3.8, 4) is 5.75 Å². The second-order valence-electron chi connectivity index (χ2n) is 7.92. The molecular weight excluding hydrogens is 390 g/mol. The van der Waals surface area contributed by atoms with Crippen LogP contribution in [0.4, 0.5) is 0 Å². The van der Waals surface area contributed by atoms with E-state index in [-0.39, 0.29) is 24.9 Å². The second-order valence-corrected chi connectivity index (χ2v) is 7.92. The Hall–Kier alpha value is -3.34. The van der Waals surface area contributed by atoms with Crippen molar-refractivity contribution in [1.82, 2.24) is 4.57 Å². The number of esters is 1. The van der Waals surface area contributed by atoms with Gasteiger partial charge in [0.1, 0.15) is 5.75 Å². The van der Waals surface area contributed by atoms with Gasteiger partial charge in [0.2, 0.25) is 5.78 Å². The summed E-state index contributed by atoms with van der Waals surface area (Å²) in [5, 5.41) is 0. The lowest BCUT2D eigenvalue weighted by Crippen LogP contribution is -2.20. The number of hydrogen-bond acceptors (Lipinski definition) is 4. The van der Waals surface area contributed by atoms with E-state index in [0.29, 0.717) is 17.9 Å². The quantitative estimate of drug-likeness (QED) is 0.358. The molecule has 0 atom stereocenters. The minimum absolute atomic E-state index is 0.219. The van der Waals surface area contributed by atoms with Gasteiger partial charge in [0.05, 0.1) is 0 Å². The number of aryl methyl sites for hydroxylation is 1. The molecule has 0 aliphatic carbocycles. The third-order valence-corrected chi connectivity index (χ3v) is 5.31. The highest BCUT2D eigenvalue weighted by Gasteiger charge is 2.18. The highest BCUT2D eigenvalue weighted by Crippen LogP contribution is 2.25. The third kappa shape index (κ3) is 5.63. The highest BCUT2D eigenvalue weighted by atomic mass is 16.6. The van der Waals surface area contributed by atoms with E-state index < -0.39 is 5.97 Å². The fraction of sp³-hybridized carbons (Fsp3) is 0.308. The molecule has 0 aliphatic heterocycles. The molecule has 162 valence electrons. The Bertz CT molecular complexity index is 1050. The van der Waals surface area contributed by atoms with Crippen LogP contribution < -0.4 is 4.74 Å². The van der Waals surface area contributed by atoms with E-state index in [2.05, 4.69) is 30.5 Å². The Labute approximate surface area is 183 Å².